The molecule has 1 aliphatic carbocycles. The Hall–Kier alpha value is -0.800. The van der Waals surface area contributed by atoms with E-state index in [1.54, 1.807) is 6.92 Å². The van der Waals surface area contributed by atoms with Crippen LogP contribution in [0.4, 0.5) is 4.39 Å². The third-order valence-electron chi connectivity index (χ3n) is 3.34. The smallest absolute Gasteiger partial charge is 0.137 e. The Morgan fingerprint density at radius 3 is 2.75 bits per heavy atom. The van der Waals surface area contributed by atoms with Crippen LogP contribution in [-0.2, 0) is 6.42 Å². The molecule has 3 N–H and O–H groups in total. The number of phenolic OH excluding ortho intramolecular Hbond substituents is 1. The highest BCUT2D eigenvalue weighted by Gasteiger charge is 2.37. The van der Waals surface area contributed by atoms with Gasteiger partial charge in [-0.2, -0.15) is 0 Å². The van der Waals surface area contributed by atoms with Crippen LogP contribution in [0.1, 0.15) is 30.4 Å². The second-order valence-electron chi connectivity index (χ2n) is 4.65. The minimum atomic E-state index is -0.375. The third kappa shape index (κ3) is 2.15. The van der Waals surface area contributed by atoms with Crippen LogP contribution in [0, 0.1) is 12.7 Å². The maximum atomic E-state index is 13.4. The second kappa shape index (κ2) is 3.90. The van der Waals surface area contributed by atoms with Gasteiger partial charge in [0, 0.05) is 11.1 Å². The molecule has 0 bridgehead atoms. The van der Waals surface area contributed by atoms with Gasteiger partial charge in [0.1, 0.15) is 11.6 Å². The summed E-state index contributed by atoms with van der Waals surface area (Å²) in [5.41, 5.74) is 6.91. The molecule has 0 unspecified atom stereocenters. The number of hydrogen-bond acceptors (Lipinski definition) is 2. The van der Waals surface area contributed by atoms with Crippen molar-refractivity contribution < 1.29 is 9.50 Å². The lowest BCUT2D eigenvalue weighted by molar-refractivity contribution is 0.460. The van der Waals surface area contributed by atoms with Crippen LogP contribution in [0.3, 0.4) is 0 Å². The van der Waals surface area contributed by atoms with E-state index < -0.39 is 0 Å². The Morgan fingerprint density at radius 2 is 2.19 bits per heavy atom. The molecule has 0 saturated heterocycles. The molecule has 0 aromatic heterocycles. The minimum absolute atomic E-state index is 0.00943. The molecule has 0 radical (unpaired) electrons. The van der Waals surface area contributed by atoms with Crippen molar-refractivity contribution in [2.45, 2.75) is 38.1 Å². The summed E-state index contributed by atoms with van der Waals surface area (Å²) in [5, 5.41) is 9.85. The summed E-state index contributed by atoms with van der Waals surface area (Å²) < 4.78 is 13.4. The van der Waals surface area contributed by atoms with Crippen LogP contribution in [0.2, 0.25) is 5.02 Å². The van der Waals surface area contributed by atoms with Crippen LogP contribution in [0.25, 0.3) is 0 Å². The highest BCUT2D eigenvalue weighted by molar-refractivity contribution is 6.32. The zero-order valence-electron chi connectivity index (χ0n) is 9.19. The molecule has 0 atom stereocenters. The van der Waals surface area contributed by atoms with Crippen LogP contribution in [0.15, 0.2) is 6.07 Å². The largest absolute Gasteiger partial charge is 0.506 e. The molecular formula is C12H15ClFNO. The summed E-state index contributed by atoms with van der Waals surface area (Å²) >= 11 is 5.74. The summed E-state index contributed by atoms with van der Waals surface area (Å²) in [5.74, 6) is -0.385. The Balaban J connectivity index is 2.24. The third-order valence-corrected chi connectivity index (χ3v) is 3.63. The first-order valence-electron chi connectivity index (χ1n) is 5.38. The first-order chi connectivity index (χ1) is 7.43. The van der Waals surface area contributed by atoms with Crippen molar-refractivity contribution in [1.82, 2.24) is 0 Å². The zero-order chi connectivity index (χ0) is 11.9. The van der Waals surface area contributed by atoms with Crippen LogP contribution in [-0.4, -0.2) is 10.6 Å². The summed E-state index contributed by atoms with van der Waals surface area (Å²) in [6.07, 6.45) is 3.36. The van der Waals surface area contributed by atoms with Crippen molar-refractivity contribution in [2.24, 2.45) is 5.73 Å². The fourth-order valence-corrected chi connectivity index (χ4v) is 2.05. The maximum Gasteiger partial charge on any atom is 0.137 e. The van der Waals surface area contributed by atoms with E-state index in [9.17, 15) is 9.50 Å². The van der Waals surface area contributed by atoms with Gasteiger partial charge in [0.15, 0.2) is 0 Å². The van der Waals surface area contributed by atoms with Gasteiger partial charge in [-0.25, -0.2) is 4.39 Å². The number of phenols is 1. The molecule has 0 heterocycles. The Morgan fingerprint density at radius 1 is 1.56 bits per heavy atom. The lowest BCUT2D eigenvalue weighted by Crippen LogP contribution is -2.22. The first-order valence-corrected chi connectivity index (χ1v) is 5.76. The number of aromatic hydroxyl groups is 1. The lowest BCUT2D eigenvalue weighted by Gasteiger charge is -2.13. The number of nitrogens with two attached hydrogens (primary N) is 1. The SMILES string of the molecule is Cc1c(F)cc(Cl)c(O)c1CCC1(N)CC1. The van der Waals surface area contributed by atoms with Crippen molar-refractivity contribution in [3.05, 3.63) is 28.0 Å². The van der Waals surface area contributed by atoms with Crippen LogP contribution < -0.4 is 5.73 Å². The van der Waals surface area contributed by atoms with Gasteiger partial charge in [0.05, 0.1) is 5.02 Å². The van der Waals surface area contributed by atoms with E-state index in [4.69, 9.17) is 17.3 Å². The van der Waals surface area contributed by atoms with E-state index in [0.29, 0.717) is 17.5 Å². The molecule has 2 rings (SSSR count). The molecule has 1 saturated carbocycles. The monoisotopic (exact) mass is 243 g/mol. The first kappa shape index (κ1) is 11.7. The van der Waals surface area contributed by atoms with E-state index in [1.165, 1.54) is 0 Å². The van der Waals surface area contributed by atoms with Crippen molar-refractivity contribution in [1.29, 1.82) is 0 Å². The van der Waals surface area contributed by atoms with Crippen LogP contribution >= 0.6 is 11.6 Å². The molecule has 1 aromatic rings. The number of benzene rings is 1. The average Bonchev–Trinajstić information content (AvgIpc) is 2.94. The highest BCUT2D eigenvalue weighted by Crippen LogP contribution is 2.39. The summed E-state index contributed by atoms with van der Waals surface area (Å²) in [7, 11) is 0. The molecule has 1 aliphatic rings. The number of halogens is 2. The maximum absolute atomic E-state index is 13.4. The molecular weight excluding hydrogens is 229 g/mol. The Labute approximate surface area is 99.2 Å². The fourth-order valence-electron chi connectivity index (χ4n) is 1.84. The van der Waals surface area contributed by atoms with E-state index in [-0.39, 0.29) is 22.1 Å². The number of hydrogen-bond donors (Lipinski definition) is 2. The molecule has 0 amide bonds. The molecule has 16 heavy (non-hydrogen) atoms. The molecule has 0 aliphatic heterocycles. The van der Waals surface area contributed by atoms with Gasteiger partial charge in [-0.3, -0.25) is 0 Å². The Bertz CT molecular complexity index is 403. The normalized spacial score (nSPS) is 17.5. The van der Waals surface area contributed by atoms with Gasteiger partial charge in [-0.1, -0.05) is 11.6 Å². The summed E-state index contributed by atoms with van der Waals surface area (Å²) in [6, 6.07) is 1.14. The molecule has 88 valence electrons. The highest BCUT2D eigenvalue weighted by atomic mass is 35.5. The van der Waals surface area contributed by atoms with E-state index in [2.05, 4.69) is 0 Å². The summed E-state index contributed by atoms with van der Waals surface area (Å²) in [4.78, 5) is 0. The van der Waals surface area contributed by atoms with Crippen molar-refractivity contribution in [3.8, 4) is 5.75 Å². The molecule has 1 aromatic carbocycles. The van der Waals surface area contributed by atoms with E-state index in [1.807, 2.05) is 0 Å². The fraction of sp³-hybridized carbons (Fsp3) is 0.500. The average molecular weight is 244 g/mol. The van der Waals surface area contributed by atoms with Gasteiger partial charge < -0.3 is 10.8 Å². The molecule has 0 spiro atoms. The van der Waals surface area contributed by atoms with Gasteiger partial charge in [-0.15, -0.1) is 0 Å². The Kier molecular flexibility index (Phi) is 2.84. The zero-order valence-corrected chi connectivity index (χ0v) is 9.94. The topological polar surface area (TPSA) is 46.2 Å². The molecule has 1 fully saturated rings. The predicted octanol–water partition coefficient (Wildman–Crippen LogP) is 2.92. The van der Waals surface area contributed by atoms with Gasteiger partial charge in [0.2, 0.25) is 0 Å². The van der Waals surface area contributed by atoms with Crippen molar-refractivity contribution in [2.75, 3.05) is 0 Å². The summed E-state index contributed by atoms with van der Waals surface area (Å²) in [6.45, 7) is 1.65. The molecule has 2 nitrogen and oxygen atoms in total. The molecule has 4 heteroatoms. The minimum Gasteiger partial charge on any atom is -0.506 e. The lowest BCUT2D eigenvalue weighted by atomic mass is 9.99. The van der Waals surface area contributed by atoms with Crippen molar-refractivity contribution >= 4 is 11.6 Å². The van der Waals surface area contributed by atoms with E-state index >= 15 is 0 Å². The van der Waals surface area contributed by atoms with E-state index in [0.717, 1.165) is 25.3 Å². The quantitative estimate of drug-likeness (QED) is 0.858. The predicted molar refractivity (Wildman–Crippen MR) is 62.3 cm³/mol. The van der Waals surface area contributed by atoms with Crippen LogP contribution in [0.5, 0.6) is 5.75 Å². The standard InChI is InChI=1S/C12H15ClFNO/c1-7-8(2-3-12(15)4-5-12)11(16)9(13)6-10(7)14/h6,16H,2-5,15H2,1H3. The van der Waals surface area contributed by atoms with Gasteiger partial charge >= 0.3 is 0 Å². The number of rotatable bonds is 3. The van der Waals surface area contributed by atoms with Crippen molar-refractivity contribution in [3.63, 3.8) is 0 Å². The second-order valence-corrected chi connectivity index (χ2v) is 5.06. The van der Waals surface area contributed by atoms with Gasteiger partial charge in [-0.05, 0) is 44.2 Å². The van der Waals surface area contributed by atoms with Gasteiger partial charge in [0.25, 0.3) is 0 Å².